The Morgan fingerprint density at radius 1 is 1.29 bits per heavy atom. The van der Waals surface area contributed by atoms with Gasteiger partial charge in [-0.25, -0.2) is 4.39 Å². The van der Waals surface area contributed by atoms with Crippen LogP contribution in [-0.2, 0) is 0 Å². The van der Waals surface area contributed by atoms with Gasteiger partial charge >= 0.3 is 0 Å². The molecule has 1 fully saturated rings. The van der Waals surface area contributed by atoms with Crippen molar-refractivity contribution in [2.75, 3.05) is 0 Å². The van der Waals surface area contributed by atoms with Crippen molar-refractivity contribution in [3.63, 3.8) is 0 Å². The van der Waals surface area contributed by atoms with Crippen LogP contribution in [-0.4, -0.2) is 4.98 Å². The van der Waals surface area contributed by atoms with E-state index in [9.17, 15) is 4.39 Å². The summed E-state index contributed by atoms with van der Waals surface area (Å²) in [7, 11) is 0. The van der Waals surface area contributed by atoms with Gasteiger partial charge in [0.1, 0.15) is 5.82 Å². The lowest BCUT2D eigenvalue weighted by molar-refractivity contribution is 0.421. The molecule has 0 saturated heterocycles. The third kappa shape index (κ3) is 0.999. The van der Waals surface area contributed by atoms with E-state index in [1.807, 2.05) is 12.3 Å². The molecule has 1 saturated carbocycles. The fourth-order valence-corrected chi connectivity index (χ4v) is 2.21. The third-order valence-electron chi connectivity index (χ3n) is 3.23. The maximum atomic E-state index is 13.6. The summed E-state index contributed by atoms with van der Waals surface area (Å²) in [5, 5.41) is 0.803. The SMILES string of the molecule is Fc1cccc2[nH]cc(C3CCC3)c12. The van der Waals surface area contributed by atoms with Gasteiger partial charge in [-0.3, -0.25) is 0 Å². The van der Waals surface area contributed by atoms with Gasteiger partial charge in [0.2, 0.25) is 0 Å². The van der Waals surface area contributed by atoms with Gasteiger partial charge in [0.15, 0.2) is 0 Å². The summed E-state index contributed by atoms with van der Waals surface area (Å²) in [6, 6.07) is 5.22. The number of H-pyrrole nitrogens is 1. The van der Waals surface area contributed by atoms with Gasteiger partial charge in [-0.1, -0.05) is 12.5 Å². The molecule has 1 aliphatic carbocycles. The Labute approximate surface area is 81.9 Å². The lowest BCUT2D eigenvalue weighted by Gasteiger charge is -2.24. The van der Waals surface area contributed by atoms with Crippen molar-refractivity contribution >= 4 is 10.9 Å². The van der Waals surface area contributed by atoms with Crippen molar-refractivity contribution in [2.24, 2.45) is 0 Å². The second-order valence-corrected chi connectivity index (χ2v) is 4.03. The van der Waals surface area contributed by atoms with Crippen LogP contribution >= 0.6 is 0 Å². The Morgan fingerprint density at radius 3 is 2.86 bits per heavy atom. The van der Waals surface area contributed by atoms with Gasteiger partial charge in [-0.15, -0.1) is 0 Å². The Hall–Kier alpha value is -1.31. The van der Waals surface area contributed by atoms with Crippen molar-refractivity contribution in [1.82, 2.24) is 4.98 Å². The maximum Gasteiger partial charge on any atom is 0.132 e. The van der Waals surface area contributed by atoms with Crippen LogP contribution in [0.1, 0.15) is 30.7 Å². The van der Waals surface area contributed by atoms with Crippen LogP contribution in [0.15, 0.2) is 24.4 Å². The first-order valence-electron chi connectivity index (χ1n) is 5.12. The number of halogens is 1. The maximum absolute atomic E-state index is 13.6. The average molecular weight is 189 g/mol. The highest BCUT2D eigenvalue weighted by molar-refractivity contribution is 5.84. The molecule has 0 unspecified atom stereocenters. The molecule has 2 aromatic rings. The van der Waals surface area contributed by atoms with Crippen molar-refractivity contribution in [3.8, 4) is 0 Å². The van der Waals surface area contributed by atoms with E-state index in [1.165, 1.54) is 24.8 Å². The average Bonchev–Trinajstić information content (AvgIpc) is 2.47. The van der Waals surface area contributed by atoms with Crippen molar-refractivity contribution in [1.29, 1.82) is 0 Å². The second-order valence-electron chi connectivity index (χ2n) is 4.03. The highest BCUT2D eigenvalue weighted by Gasteiger charge is 2.23. The number of aromatic amines is 1. The molecule has 0 atom stereocenters. The zero-order valence-corrected chi connectivity index (χ0v) is 7.89. The van der Waals surface area contributed by atoms with Gasteiger partial charge in [-0.2, -0.15) is 0 Å². The number of hydrogen-bond acceptors (Lipinski definition) is 0. The van der Waals surface area contributed by atoms with E-state index >= 15 is 0 Å². The van der Waals surface area contributed by atoms with Crippen molar-refractivity contribution < 1.29 is 4.39 Å². The summed E-state index contributed by atoms with van der Waals surface area (Å²) in [6.07, 6.45) is 5.67. The predicted octanol–water partition coefficient (Wildman–Crippen LogP) is 3.57. The molecule has 72 valence electrons. The van der Waals surface area contributed by atoms with E-state index in [0.29, 0.717) is 5.92 Å². The van der Waals surface area contributed by atoms with Crippen LogP contribution in [0.2, 0.25) is 0 Å². The lowest BCUT2D eigenvalue weighted by Crippen LogP contribution is -2.08. The molecule has 1 aromatic heterocycles. The Balaban J connectivity index is 2.23. The van der Waals surface area contributed by atoms with Gasteiger partial charge in [0.05, 0.1) is 0 Å². The molecule has 14 heavy (non-hydrogen) atoms. The smallest absolute Gasteiger partial charge is 0.132 e. The Morgan fingerprint density at radius 2 is 2.14 bits per heavy atom. The van der Waals surface area contributed by atoms with Crippen LogP contribution in [0.3, 0.4) is 0 Å². The molecule has 1 nitrogen and oxygen atoms in total. The molecule has 0 aliphatic heterocycles. The molecule has 1 heterocycles. The monoisotopic (exact) mass is 189 g/mol. The van der Waals surface area contributed by atoms with Crippen LogP contribution in [0, 0.1) is 5.82 Å². The number of aromatic nitrogens is 1. The molecule has 0 amide bonds. The first kappa shape index (κ1) is 8.04. The van der Waals surface area contributed by atoms with Crippen LogP contribution in [0.25, 0.3) is 10.9 Å². The molecule has 0 radical (unpaired) electrons. The standard InChI is InChI=1S/C12H12FN/c13-10-5-2-6-11-12(10)9(7-14-11)8-3-1-4-8/h2,5-8,14H,1,3-4H2. The number of nitrogens with one attached hydrogen (secondary N) is 1. The second kappa shape index (κ2) is 2.84. The number of hydrogen-bond donors (Lipinski definition) is 1. The topological polar surface area (TPSA) is 15.8 Å². The Kier molecular flexibility index (Phi) is 1.63. The molecule has 1 N–H and O–H groups in total. The number of benzene rings is 1. The number of rotatable bonds is 1. The summed E-state index contributed by atoms with van der Waals surface area (Å²) in [5.41, 5.74) is 2.09. The summed E-state index contributed by atoms with van der Waals surface area (Å²) in [4.78, 5) is 3.14. The molecule has 1 aromatic carbocycles. The van der Waals surface area contributed by atoms with Crippen LogP contribution in [0.4, 0.5) is 4.39 Å². The summed E-state index contributed by atoms with van der Waals surface area (Å²) < 4.78 is 13.6. The first-order valence-corrected chi connectivity index (χ1v) is 5.12. The van der Waals surface area contributed by atoms with E-state index in [-0.39, 0.29) is 5.82 Å². The summed E-state index contributed by atoms with van der Waals surface area (Å²) in [6.45, 7) is 0. The highest BCUT2D eigenvalue weighted by atomic mass is 19.1. The minimum Gasteiger partial charge on any atom is -0.361 e. The van der Waals surface area contributed by atoms with Gasteiger partial charge in [-0.05, 0) is 36.5 Å². The molecular formula is C12H12FN. The quantitative estimate of drug-likeness (QED) is 0.705. The van der Waals surface area contributed by atoms with Crippen molar-refractivity contribution in [2.45, 2.75) is 25.2 Å². The summed E-state index contributed by atoms with van der Waals surface area (Å²) in [5.74, 6) is 0.492. The third-order valence-corrected chi connectivity index (χ3v) is 3.23. The molecular weight excluding hydrogens is 177 g/mol. The predicted molar refractivity (Wildman–Crippen MR) is 54.8 cm³/mol. The highest BCUT2D eigenvalue weighted by Crippen LogP contribution is 2.40. The molecule has 3 rings (SSSR count). The van der Waals surface area contributed by atoms with Crippen LogP contribution < -0.4 is 0 Å². The van der Waals surface area contributed by atoms with E-state index in [4.69, 9.17) is 0 Å². The van der Waals surface area contributed by atoms with E-state index < -0.39 is 0 Å². The fourth-order valence-electron chi connectivity index (χ4n) is 2.21. The van der Waals surface area contributed by atoms with Crippen molar-refractivity contribution in [3.05, 3.63) is 35.8 Å². The van der Waals surface area contributed by atoms with Gasteiger partial charge in [0.25, 0.3) is 0 Å². The lowest BCUT2D eigenvalue weighted by atomic mass is 9.80. The Bertz CT molecular complexity index is 468. The molecule has 2 heteroatoms. The van der Waals surface area contributed by atoms with E-state index in [2.05, 4.69) is 4.98 Å². The minimum atomic E-state index is -0.0920. The zero-order chi connectivity index (χ0) is 9.54. The minimum absolute atomic E-state index is 0.0920. The largest absolute Gasteiger partial charge is 0.361 e. The fraction of sp³-hybridized carbons (Fsp3) is 0.333. The van der Waals surface area contributed by atoms with Crippen LogP contribution in [0.5, 0.6) is 0 Å². The normalized spacial score (nSPS) is 17.2. The molecule has 0 bridgehead atoms. The first-order chi connectivity index (χ1) is 6.86. The van der Waals surface area contributed by atoms with E-state index in [1.54, 1.807) is 12.1 Å². The number of fused-ring (bicyclic) bond motifs is 1. The van der Waals surface area contributed by atoms with E-state index in [0.717, 1.165) is 10.9 Å². The van der Waals surface area contributed by atoms with Gasteiger partial charge in [0, 0.05) is 17.1 Å². The zero-order valence-electron chi connectivity index (χ0n) is 7.89. The molecule has 0 spiro atoms. The molecule has 1 aliphatic rings. The summed E-state index contributed by atoms with van der Waals surface area (Å²) >= 11 is 0. The van der Waals surface area contributed by atoms with Gasteiger partial charge < -0.3 is 4.98 Å².